The van der Waals surface area contributed by atoms with Gasteiger partial charge in [-0.2, -0.15) is 14.0 Å². The number of carboxylic acid groups (broad SMARTS) is 1. The maximum absolute atomic E-state index is 14.2. The van der Waals surface area contributed by atoms with Crippen molar-refractivity contribution < 1.29 is 32.6 Å². The molecule has 0 aliphatic rings. The van der Waals surface area contributed by atoms with Crippen molar-refractivity contribution in [2.45, 2.75) is 32.0 Å². The predicted octanol–water partition coefficient (Wildman–Crippen LogP) is 4.37. The molecule has 0 radical (unpaired) electrons. The van der Waals surface area contributed by atoms with Crippen molar-refractivity contribution in [3.8, 4) is 11.8 Å². The lowest BCUT2D eigenvalue weighted by atomic mass is 10.00. The second-order valence-electron chi connectivity index (χ2n) is 7.99. The van der Waals surface area contributed by atoms with Crippen molar-refractivity contribution >= 4 is 23.3 Å². The molecule has 5 N–H and O–H groups in total. The first-order valence-electron chi connectivity index (χ1n) is 11.0. The summed E-state index contributed by atoms with van der Waals surface area (Å²) in [5, 5.41) is 23.6. The number of aryl methyl sites for hydroxylation is 1. The van der Waals surface area contributed by atoms with E-state index in [0.717, 1.165) is 6.07 Å². The minimum Gasteiger partial charge on any atom is -0.481 e. The van der Waals surface area contributed by atoms with Gasteiger partial charge in [-0.25, -0.2) is 4.39 Å². The maximum Gasteiger partial charge on any atom is 0.387 e. The number of alkyl halides is 2. The molecule has 0 saturated carbocycles. The van der Waals surface area contributed by atoms with Crippen LogP contribution in [0, 0.1) is 17.1 Å². The molecular weight excluding hydrogens is 489 g/mol. The number of carbonyl (C=O) groups excluding carboxylic acids is 1. The van der Waals surface area contributed by atoms with Gasteiger partial charge in [0.15, 0.2) is 11.6 Å². The molecule has 11 heteroatoms. The van der Waals surface area contributed by atoms with Crippen LogP contribution in [-0.4, -0.2) is 23.6 Å². The van der Waals surface area contributed by atoms with Crippen molar-refractivity contribution in [2.75, 3.05) is 11.1 Å². The Morgan fingerprint density at radius 3 is 2.49 bits per heavy atom. The third-order valence-electron chi connectivity index (χ3n) is 5.30. The Morgan fingerprint density at radius 2 is 1.84 bits per heavy atom. The van der Waals surface area contributed by atoms with E-state index in [9.17, 15) is 22.8 Å². The van der Waals surface area contributed by atoms with Gasteiger partial charge < -0.3 is 26.2 Å². The Morgan fingerprint density at radius 1 is 1.11 bits per heavy atom. The van der Waals surface area contributed by atoms with Crippen LogP contribution in [0.4, 0.5) is 24.5 Å². The quantitative estimate of drug-likeness (QED) is 0.280. The Bertz CT molecular complexity index is 1310. The lowest BCUT2D eigenvalue weighted by Gasteiger charge is -2.21. The van der Waals surface area contributed by atoms with Crippen molar-refractivity contribution in [1.82, 2.24) is 5.32 Å². The summed E-state index contributed by atoms with van der Waals surface area (Å²) < 4.78 is 44.1. The molecule has 8 nitrogen and oxygen atoms in total. The molecule has 3 aromatic rings. The van der Waals surface area contributed by atoms with Crippen LogP contribution in [0.3, 0.4) is 0 Å². The number of benzene rings is 3. The molecular formula is C26H23F3N4O4. The summed E-state index contributed by atoms with van der Waals surface area (Å²) in [5.41, 5.74) is 7.61. The summed E-state index contributed by atoms with van der Waals surface area (Å²) in [4.78, 5) is 24.3. The van der Waals surface area contributed by atoms with Crippen molar-refractivity contribution in [2.24, 2.45) is 0 Å². The van der Waals surface area contributed by atoms with Crippen LogP contribution >= 0.6 is 0 Å². The summed E-state index contributed by atoms with van der Waals surface area (Å²) in [5.74, 6) is -3.38. The summed E-state index contributed by atoms with van der Waals surface area (Å²) in [6.07, 6.45) is 0.141. The fourth-order valence-corrected chi connectivity index (χ4v) is 3.60. The number of nitrogens with one attached hydrogen (secondary N) is 2. The number of nitrogen functional groups attached to an aromatic ring is 1. The number of hydrogen-bond acceptors (Lipinski definition) is 6. The third kappa shape index (κ3) is 7.63. The Labute approximate surface area is 210 Å². The van der Waals surface area contributed by atoms with Crippen molar-refractivity contribution in [1.29, 1.82) is 5.26 Å². The molecule has 0 heterocycles. The number of nitriles is 1. The molecule has 37 heavy (non-hydrogen) atoms. The molecule has 0 saturated heterocycles. The number of amides is 1. The molecule has 0 aliphatic heterocycles. The maximum atomic E-state index is 14.2. The normalized spacial score (nSPS) is 11.4. The molecule has 0 spiro atoms. The molecule has 0 aromatic heterocycles. The smallest absolute Gasteiger partial charge is 0.387 e. The van der Waals surface area contributed by atoms with Gasteiger partial charge in [0.25, 0.3) is 0 Å². The zero-order valence-corrected chi connectivity index (χ0v) is 19.4. The first-order valence-corrected chi connectivity index (χ1v) is 11.0. The topological polar surface area (TPSA) is 137 Å². The number of nitrogens with zero attached hydrogens (tertiary/aromatic N) is 1. The van der Waals surface area contributed by atoms with Gasteiger partial charge in [0.2, 0.25) is 5.91 Å². The largest absolute Gasteiger partial charge is 0.481 e. The Balaban J connectivity index is 1.88. The lowest BCUT2D eigenvalue weighted by Crippen LogP contribution is -2.33. The second kappa shape index (κ2) is 12.3. The van der Waals surface area contributed by atoms with E-state index in [4.69, 9.17) is 16.1 Å². The van der Waals surface area contributed by atoms with E-state index in [-0.39, 0.29) is 30.6 Å². The summed E-state index contributed by atoms with van der Waals surface area (Å²) in [6, 6.07) is 16.1. The summed E-state index contributed by atoms with van der Waals surface area (Å²) in [7, 11) is 0. The summed E-state index contributed by atoms with van der Waals surface area (Å²) >= 11 is 0. The molecule has 1 atom stereocenters. The summed E-state index contributed by atoms with van der Waals surface area (Å²) in [6.45, 7) is -3.65. The van der Waals surface area contributed by atoms with Crippen LogP contribution < -0.4 is 21.1 Å². The van der Waals surface area contributed by atoms with E-state index in [1.165, 1.54) is 6.07 Å². The molecule has 192 valence electrons. The number of rotatable bonds is 11. The highest BCUT2D eigenvalue weighted by Gasteiger charge is 2.23. The van der Waals surface area contributed by atoms with Gasteiger partial charge in [-0.3, -0.25) is 9.59 Å². The highest BCUT2D eigenvalue weighted by atomic mass is 19.3. The van der Waals surface area contributed by atoms with E-state index >= 15 is 0 Å². The van der Waals surface area contributed by atoms with Gasteiger partial charge in [-0.05, 0) is 47.9 Å². The van der Waals surface area contributed by atoms with Crippen LogP contribution in [0.15, 0.2) is 60.7 Å². The molecule has 0 bridgehead atoms. The number of nitrogens with two attached hydrogens (primary N) is 1. The second-order valence-corrected chi connectivity index (χ2v) is 7.99. The van der Waals surface area contributed by atoms with Crippen molar-refractivity contribution in [3.63, 3.8) is 0 Å². The molecule has 0 aliphatic carbocycles. The average molecular weight is 512 g/mol. The number of ether oxygens (including phenoxy) is 1. The van der Waals surface area contributed by atoms with Crippen LogP contribution in [0.5, 0.6) is 5.75 Å². The Kier molecular flexibility index (Phi) is 8.94. The highest BCUT2D eigenvalue weighted by molar-refractivity contribution is 5.86. The minimum absolute atomic E-state index is 0.0400. The lowest BCUT2D eigenvalue weighted by molar-refractivity contribution is -0.137. The Hall–Kier alpha value is -4.72. The standard InChI is InChI=1S/C26H23F3N4O4/c27-21-12-19(31)11-18(24(21)37-26(28)29)14-32-25(36)23(33-20-7-4-16(13-30)5-8-20)17-3-1-2-15(10-17)6-9-22(34)35/h1-5,7-8,10-12,23,26,33H,6,9,14,31H2,(H,32,36)(H,34,35). The monoisotopic (exact) mass is 512 g/mol. The van der Waals surface area contributed by atoms with Gasteiger partial charge in [0.1, 0.15) is 6.04 Å². The number of aliphatic carboxylic acids is 1. The number of carboxylic acids is 1. The van der Waals surface area contributed by atoms with Crippen LogP contribution in [0.2, 0.25) is 0 Å². The first kappa shape index (κ1) is 26.9. The van der Waals surface area contributed by atoms with Gasteiger partial charge in [0, 0.05) is 36.0 Å². The molecule has 0 fully saturated rings. The van der Waals surface area contributed by atoms with Gasteiger partial charge in [-0.15, -0.1) is 0 Å². The fraction of sp³-hybridized carbons (Fsp3) is 0.192. The van der Waals surface area contributed by atoms with Crippen LogP contribution in [0.25, 0.3) is 0 Å². The molecule has 1 amide bonds. The molecule has 3 rings (SSSR count). The first-order chi connectivity index (χ1) is 17.7. The van der Waals surface area contributed by atoms with E-state index in [0.29, 0.717) is 22.4 Å². The zero-order valence-electron chi connectivity index (χ0n) is 19.4. The zero-order chi connectivity index (χ0) is 26.9. The minimum atomic E-state index is -3.29. The predicted molar refractivity (Wildman–Crippen MR) is 129 cm³/mol. The van der Waals surface area contributed by atoms with E-state index < -0.39 is 36.1 Å². The van der Waals surface area contributed by atoms with Crippen molar-refractivity contribution in [3.05, 3.63) is 88.7 Å². The van der Waals surface area contributed by atoms with Crippen LogP contribution in [0.1, 0.15) is 34.7 Å². The highest BCUT2D eigenvalue weighted by Crippen LogP contribution is 2.28. The van der Waals surface area contributed by atoms with E-state index in [1.807, 2.05) is 6.07 Å². The average Bonchev–Trinajstić information content (AvgIpc) is 2.86. The number of anilines is 2. The number of halogens is 3. The number of hydrogen-bond donors (Lipinski definition) is 4. The van der Waals surface area contributed by atoms with Crippen LogP contribution in [-0.2, 0) is 22.6 Å². The van der Waals surface area contributed by atoms with E-state index in [2.05, 4.69) is 15.4 Å². The van der Waals surface area contributed by atoms with Gasteiger partial charge in [-0.1, -0.05) is 24.3 Å². The number of carbonyl (C=O) groups is 2. The molecule has 1 unspecified atom stereocenters. The van der Waals surface area contributed by atoms with E-state index in [1.54, 1.807) is 48.5 Å². The third-order valence-corrected chi connectivity index (χ3v) is 5.30. The molecule has 3 aromatic carbocycles. The van der Waals surface area contributed by atoms with Gasteiger partial charge in [0.05, 0.1) is 11.6 Å². The SMILES string of the molecule is N#Cc1ccc(NC(C(=O)NCc2cc(N)cc(F)c2OC(F)F)c2cccc(CCC(=O)O)c2)cc1. The van der Waals surface area contributed by atoms with Gasteiger partial charge >= 0.3 is 12.6 Å². The fourth-order valence-electron chi connectivity index (χ4n) is 3.60.